The first-order valence-electron chi connectivity index (χ1n) is 7.24. The van der Waals surface area contributed by atoms with Crippen molar-refractivity contribution >= 4 is 22.4 Å². The lowest BCUT2D eigenvalue weighted by Gasteiger charge is -2.30. The van der Waals surface area contributed by atoms with Crippen molar-refractivity contribution in [1.82, 2.24) is 19.2 Å². The maximum Gasteiger partial charge on any atom is 0.262 e. The van der Waals surface area contributed by atoms with Crippen molar-refractivity contribution in [1.29, 1.82) is 0 Å². The van der Waals surface area contributed by atoms with Gasteiger partial charge in [-0.25, -0.2) is 13.4 Å². The van der Waals surface area contributed by atoms with Gasteiger partial charge in [0.05, 0.1) is 6.33 Å². The first-order chi connectivity index (χ1) is 9.57. The number of aryl methyl sites for hydroxylation is 1. The number of sulfonamides is 1. The predicted molar refractivity (Wildman–Crippen MR) is 85.2 cm³/mol. The van der Waals surface area contributed by atoms with E-state index in [0.717, 1.165) is 32.4 Å². The zero-order chi connectivity index (χ0) is 14.6. The molecule has 1 fully saturated rings. The zero-order valence-corrected chi connectivity index (χ0v) is 14.3. The molecule has 0 radical (unpaired) electrons. The van der Waals surface area contributed by atoms with Gasteiger partial charge in [-0.05, 0) is 45.7 Å². The molecular weight excluding hydrogens is 312 g/mol. The van der Waals surface area contributed by atoms with Gasteiger partial charge in [-0.2, -0.15) is 4.31 Å². The van der Waals surface area contributed by atoms with Crippen LogP contribution in [0.2, 0.25) is 0 Å². The molecule has 0 aliphatic carbocycles. The van der Waals surface area contributed by atoms with Crippen molar-refractivity contribution in [3.63, 3.8) is 0 Å². The Bertz CT molecular complexity index is 524. The number of aromatic nitrogens is 2. The molecule has 0 aromatic carbocycles. The van der Waals surface area contributed by atoms with Gasteiger partial charge in [-0.1, -0.05) is 0 Å². The van der Waals surface area contributed by atoms with E-state index in [-0.39, 0.29) is 17.4 Å². The second kappa shape index (κ2) is 8.12. The van der Waals surface area contributed by atoms with Gasteiger partial charge >= 0.3 is 0 Å². The number of halogens is 1. The first kappa shape index (κ1) is 18.4. The lowest BCUT2D eigenvalue weighted by molar-refractivity contribution is 0.262. The van der Waals surface area contributed by atoms with Crippen molar-refractivity contribution < 1.29 is 8.42 Å². The van der Waals surface area contributed by atoms with Crippen LogP contribution in [0.1, 0.15) is 26.2 Å². The number of rotatable bonds is 6. The largest absolute Gasteiger partial charge is 0.336 e. The van der Waals surface area contributed by atoms with Gasteiger partial charge < -0.3 is 9.88 Å². The average Bonchev–Trinajstić information content (AvgIpc) is 2.95. The highest BCUT2D eigenvalue weighted by molar-refractivity contribution is 7.89. The average molecular weight is 337 g/mol. The van der Waals surface area contributed by atoms with Crippen molar-refractivity contribution in [2.24, 2.45) is 5.92 Å². The van der Waals surface area contributed by atoms with E-state index in [0.29, 0.717) is 19.0 Å². The van der Waals surface area contributed by atoms with Crippen molar-refractivity contribution in [2.75, 3.05) is 26.7 Å². The lowest BCUT2D eigenvalue weighted by atomic mass is 9.95. The van der Waals surface area contributed by atoms with Crippen LogP contribution < -0.4 is 5.32 Å². The van der Waals surface area contributed by atoms with Crippen LogP contribution in [0.4, 0.5) is 0 Å². The van der Waals surface area contributed by atoms with Crippen molar-refractivity contribution in [3.8, 4) is 0 Å². The van der Waals surface area contributed by atoms with E-state index >= 15 is 0 Å². The van der Waals surface area contributed by atoms with Crippen LogP contribution in [0.15, 0.2) is 17.6 Å². The number of imidazole rings is 1. The molecule has 21 heavy (non-hydrogen) atoms. The summed E-state index contributed by atoms with van der Waals surface area (Å²) < 4.78 is 28.3. The number of nitrogens with one attached hydrogen (secondary N) is 1. The number of hydrogen-bond acceptors (Lipinski definition) is 4. The normalized spacial score (nSPS) is 17.6. The summed E-state index contributed by atoms with van der Waals surface area (Å²) in [6, 6.07) is 0. The molecule has 1 aromatic rings. The Morgan fingerprint density at radius 1 is 1.38 bits per heavy atom. The molecule has 0 saturated carbocycles. The quantitative estimate of drug-likeness (QED) is 0.851. The number of hydrogen-bond donors (Lipinski definition) is 1. The maximum absolute atomic E-state index is 12.5. The van der Waals surface area contributed by atoms with Crippen molar-refractivity contribution in [3.05, 3.63) is 12.5 Å². The summed E-state index contributed by atoms with van der Waals surface area (Å²) in [5.74, 6) is 0.627. The van der Waals surface area contributed by atoms with Crippen LogP contribution in [0.5, 0.6) is 0 Å². The Morgan fingerprint density at radius 2 is 2.05 bits per heavy atom. The van der Waals surface area contributed by atoms with Gasteiger partial charge in [0.1, 0.15) is 0 Å². The van der Waals surface area contributed by atoms with Crippen LogP contribution in [0.3, 0.4) is 0 Å². The minimum atomic E-state index is -3.41. The first-order valence-corrected chi connectivity index (χ1v) is 8.68. The van der Waals surface area contributed by atoms with E-state index in [1.54, 1.807) is 21.4 Å². The SMILES string of the molecule is CCn1cnc(S(=O)(=O)N2CCC(CCNC)CC2)c1.Cl. The molecule has 2 heterocycles. The topological polar surface area (TPSA) is 67.2 Å². The summed E-state index contributed by atoms with van der Waals surface area (Å²) >= 11 is 0. The Balaban J connectivity index is 0.00000220. The standard InChI is InChI=1S/C13H24N4O2S.ClH/c1-3-16-10-13(15-11-16)20(18,19)17-8-5-12(6-9-17)4-7-14-2;/h10-12,14H,3-9H2,1-2H3;1H. The molecule has 122 valence electrons. The van der Waals surface area contributed by atoms with Gasteiger partial charge in [-0.15, -0.1) is 12.4 Å². The van der Waals surface area contributed by atoms with Crippen LogP contribution in [0, 0.1) is 5.92 Å². The second-order valence-electron chi connectivity index (χ2n) is 5.28. The third kappa shape index (κ3) is 4.42. The number of piperidine rings is 1. The van der Waals surface area contributed by atoms with Gasteiger partial charge in [-0.3, -0.25) is 0 Å². The second-order valence-corrected chi connectivity index (χ2v) is 7.17. The summed E-state index contributed by atoms with van der Waals surface area (Å²) in [6.07, 6.45) is 6.19. The molecule has 1 aromatic heterocycles. The predicted octanol–water partition coefficient (Wildman–Crippen LogP) is 1.33. The molecule has 1 aliphatic rings. The molecule has 6 nitrogen and oxygen atoms in total. The molecule has 0 atom stereocenters. The van der Waals surface area contributed by atoms with Gasteiger partial charge in [0.15, 0.2) is 5.03 Å². The van der Waals surface area contributed by atoms with Crippen LogP contribution in [0.25, 0.3) is 0 Å². The molecule has 1 N–H and O–H groups in total. The third-order valence-corrected chi connectivity index (χ3v) is 5.74. The van der Waals surface area contributed by atoms with E-state index in [2.05, 4.69) is 10.3 Å². The summed E-state index contributed by atoms with van der Waals surface area (Å²) in [7, 11) is -1.46. The molecule has 8 heteroatoms. The molecule has 1 aliphatic heterocycles. The summed E-state index contributed by atoms with van der Waals surface area (Å²) in [5, 5.41) is 3.32. The molecule has 0 unspecified atom stereocenters. The highest BCUT2D eigenvalue weighted by atomic mass is 35.5. The monoisotopic (exact) mass is 336 g/mol. The molecular formula is C13H25ClN4O2S. The van der Waals surface area contributed by atoms with E-state index in [1.807, 2.05) is 14.0 Å². The minimum absolute atomic E-state index is 0. The summed E-state index contributed by atoms with van der Waals surface area (Å²) in [6.45, 7) is 4.91. The Hall–Kier alpha value is -0.630. The fourth-order valence-electron chi connectivity index (χ4n) is 2.56. The van der Waals surface area contributed by atoms with Gasteiger partial charge in [0.25, 0.3) is 10.0 Å². The van der Waals surface area contributed by atoms with Gasteiger partial charge in [0, 0.05) is 25.8 Å². The Morgan fingerprint density at radius 3 is 2.57 bits per heavy atom. The highest BCUT2D eigenvalue weighted by Gasteiger charge is 2.30. The highest BCUT2D eigenvalue weighted by Crippen LogP contribution is 2.24. The van der Waals surface area contributed by atoms with E-state index in [1.165, 1.54) is 0 Å². The fraction of sp³-hybridized carbons (Fsp3) is 0.769. The van der Waals surface area contributed by atoms with Crippen LogP contribution in [-0.2, 0) is 16.6 Å². The molecule has 2 rings (SSSR count). The summed E-state index contributed by atoms with van der Waals surface area (Å²) in [4.78, 5) is 4.03. The maximum atomic E-state index is 12.5. The Labute approximate surface area is 133 Å². The van der Waals surface area contributed by atoms with E-state index in [9.17, 15) is 8.42 Å². The Kier molecular flexibility index (Phi) is 7.12. The zero-order valence-electron chi connectivity index (χ0n) is 12.7. The van der Waals surface area contributed by atoms with E-state index in [4.69, 9.17) is 0 Å². The van der Waals surface area contributed by atoms with Crippen molar-refractivity contribution in [2.45, 2.75) is 37.8 Å². The molecule has 1 saturated heterocycles. The molecule has 0 bridgehead atoms. The van der Waals surface area contributed by atoms with Crippen LogP contribution >= 0.6 is 12.4 Å². The molecule has 0 spiro atoms. The minimum Gasteiger partial charge on any atom is -0.336 e. The molecule has 0 amide bonds. The smallest absolute Gasteiger partial charge is 0.262 e. The number of nitrogens with zero attached hydrogens (tertiary/aromatic N) is 3. The van der Waals surface area contributed by atoms with Crippen LogP contribution in [-0.4, -0.2) is 49.0 Å². The lowest BCUT2D eigenvalue weighted by Crippen LogP contribution is -2.39. The third-order valence-electron chi connectivity index (χ3n) is 3.95. The fourth-order valence-corrected chi connectivity index (χ4v) is 3.97. The van der Waals surface area contributed by atoms with Gasteiger partial charge in [0.2, 0.25) is 0 Å². The summed E-state index contributed by atoms with van der Waals surface area (Å²) in [5.41, 5.74) is 0. The van der Waals surface area contributed by atoms with E-state index < -0.39 is 10.0 Å².